The van der Waals surface area contributed by atoms with Crippen molar-refractivity contribution in [1.82, 2.24) is 0 Å². The van der Waals surface area contributed by atoms with Gasteiger partial charge in [0.2, 0.25) is 0 Å². The van der Waals surface area contributed by atoms with E-state index in [0.717, 1.165) is 37.6 Å². The highest BCUT2D eigenvalue weighted by Gasteiger charge is 2.23. The lowest BCUT2D eigenvalue weighted by molar-refractivity contribution is -0.892. The third-order valence-electron chi connectivity index (χ3n) is 5.16. The third kappa shape index (κ3) is 4.17. The molecule has 6 heteroatoms. The molecule has 2 N–H and O–H groups in total. The number of amides is 1. The Kier molecular flexibility index (Phi) is 5.16. The summed E-state index contributed by atoms with van der Waals surface area (Å²) in [6.45, 7) is 7.60. The molecule has 1 fully saturated rings. The smallest absolute Gasteiger partial charge is 0.279 e. The number of benzene rings is 2. The van der Waals surface area contributed by atoms with Crippen LogP contribution in [0.1, 0.15) is 5.56 Å². The maximum absolute atomic E-state index is 12.4. The van der Waals surface area contributed by atoms with Crippen LogP contribution in [0.3, 0.4) is 0 Å². The van der Waals surface area contributed by atoms with Gasteiger partial charge in [0, 0.05) is 17.4 Å². The Bertz CT molecular complexity index is 816. The number of nitrogens with one attached hydrogen (secondary N) is 2. The quantitative estimate of drug-likeness (QED) is 0.849. The summed E-state index contributed by atoms with van der Waals surface area (Å²) in [7, 11) is 0. The molecule has 0 saturated carbocycles. The summed E-state index contributed by atoms with van der Waals surface area (Å²) < 4.78 is 11.1. The van der Waals surface area contributed by atoms with E-state index >= 15 is 0 Å². The van der Waals surface area contributed by atoms with Gasteiger partial charge >= 0.3 is 0 Å². The molecule has 1 amide bonds. The lowest BCUT2D eigenvalue weighted by atomic mass is 10.1. The van der Waals surface area contributed by atoms with E-state index in [2.05, 4.69) is 41.4 Å². The van der Waals surface area contributed by atoms with Gasteiger partial charge in [-0.05, 0) is 30.7 Å². The maximum atomic E-state index is 12.4. The highest BCUT2D eigenvalue weighted by atomic mass is 16.6. The van der Waals surface area contributed by atoms with Crippen molar-refractivity contribution >= 4 is 17.3 Å². The van der Waals surface area contributed by atoms with E-state index in [-0.39, 0.29) is 5.91 Å². The second kappa shape index (κ2) is 7.88. The van der Waals surface area contributed by atoms with Gasteiger partial charge in [-0.1, -0.05) is 18.2 Å². The van der Waals surface area contributed by atoms with Crippen LogP contribution < -0.4 is 24.6 Å². The van der Waals surface area contributed by atoms with Crippen molar-refractivity contribution in [2.45, 2.75) is 6.92 Å². The van der Waals surface area contributed by atoms with E-state index in [0.29, 0.717) is 25.5 Å². The summed E-state index contributed by atoms with van der Waals surface area (Å²) >= 11 is 0. The van der Waals surface area contributed by atoms with E-state index in [1.165, 1.54) is 16.2 Å². The minimum Gasteiger partial charge on any atom is -0.486 e. The molecule has 0 aromatic heterocycles. The molecule has 2 aromatic carbocycles. The van der Waals surface area contributed by atoms with Gasteiger partial charge in [-0.3, -0.25) is 4.79 Å². The van der Waals surface area contributed by atoms with Crippen LogP contribution in [-0.4, -0.2) is 51.8 Å². The number of carbonyl (C=O) groups excluding carboxylic acids is 1. The Morgan fingerprint density at radius 2 is 1.81 bits per heavy atom. The third-order valence-corrected chi connectivity index (χ3v) is 5.16. The van der Waals surface area contributed by atoms with Gasteiger partial charge < -0.3 is 24.6 Å². The van der Waals surface area contributed by atoms with Crippen LogP contribution in [0.15, 0.2) is 42.5 Å². The van der Waals surface area contributed by atoms with E-state index in [1.807, 2.05) is 18.2 Å². The lowest BCUT2D eigenvalue weighted by Gasteiger charge is -2.34. The first-order valence-electron chi connectivity index (χ1n) is 9.53. The fraction of sp³-hybridized carbons (Fsp3) is 0.381. The molecule has 2 heterocycles. The number of fused-ring (bicyclic) bond motifs is 1. The maximum Gasteiger partial charge on any atom is 0.279 e. The van der Waals surface area contributed by atoms with Crippen LogP contribution in [0.2, 0.25) is 0 Å². The second-order valence-corrected chi connectivity index (χ2v) is 7.11. The zero-order valence-corrected chi connectivity index (χ0v) is 15.7. The topological polar surface area (TPSA) is 55.2 Å². The van der Waals surface area contributed by atoms with E-state index in [1.54, 1.807) is 0 Å². The summed E-state index contributed by atoms with van der Waals surface area (Å²) in [6.07, 6.45) is 0. The number of piperazine rings is 1. The summed E-state index contributed by atoms with van der Waals surface area (Å²) in [5, 5.41) is 2.98. The molecule has 2 aliphatic rings. The van der Waals surface area contributed by atoms with Crippen LogP contribution >= 0.6 is 0 Å². The van der Waals surface area contributed by atoms with Crippen LogP contribution in [-0.2, 0) is 4.79 Å². The molecular formula is C21H26N3O3+. The number of rotatable bonds is 4. The van der Waals surface area contributed by atoms with E-state index in [9.17, 15) is 4.79 Å². The largest absolute Gasteiger partial charge is 0.486 e. The zero-order chi connectivity index (χ0) is 18.6. The van der Waals surface area contributed by atoms with Gasteiger partial charge in [0.05, 0.1) is 26.2 Å². The Morgan fingerprint density at radius 1 is 1.07 bits per heavy atom. The molecule has 2 aliphatic heterocycles. The first kappa shape index (κ1) is 17.7. The molecular weight excluding hydrogens is 342 g/mol. The summed E-state index contributed by atoms with van der Waals surface area (Å²) in [5.74, 6) is 1.46. The van der Waals surface area contributed by atoms with Gasteiger partial charge in [-0.2, -0.15) is 0 Å². The molecule has 1 saturated heterocycles. The minimum absolute atomic E-state index is 0.0334. The van der Waals surface area contributed by atoms with Crippen molar-refractivity contribution in [2.75, 3.05) is 56.2 Å². The molecule has 6 nitrogen and oxygen atoms in total. The van der Waals surface area contributed by atoms with E-state index < -0.39 is 0 Å². The average Bonchev–Trinajstić information content (AvgIpc) is 2.69. The van der Waals surface area contributed by atoms with Crippen molar-refractivity contribution in [3.8, 4) is 11.5 Å². The van der Waals surface area contributed by atoms with Crippen LogP contribution in [0, 0.1) is 6.92 Å². The number of nitrogens with zero attached hydrogens (tertiary/aromatic N) is 1. The Hall–Kier alpha value is -2.73. The Balaban J connectivity index is 1.29. The summed E-state index contributed by atoms with van der Waals surface area (Å²) in [6, 6.07) is 14.0. The highest BCUT2D eigenvalue weighted by Crippen LogP contribution is 2.32. The zero-order valence-electron chi connectivity index (χ0n) is 15.7. The molecule has 0 spiro atoms. The van der Waals surface area contributed by atoms with Crippen molar-refractivity contribution in [3.05, 3.63) is 48.0 Å². The van der Waals surface area contributed by atoms with E-state index in [4.69, 9.17) is 9.47 Å². The van der Waals surface area contributed by atoms with Crippen molar-refractivity contribution in [2.24, 2.45) is 0 Å². The SMILES string of the molecule is Cc1ccccc1N1CC[NH+](CC(=O)Nc2ccc3c(c2)OCCO3)CC1. The molecule has 27 heavy (non-hydrogen) atoms. The van der Waals surface area contributed by atoms with Gasteiger partial charge in [0.1, 0.15) is 13.2 Å². The molecule has 0 aliphatic carbocycles. The number of hydrogen-bond acceptors (Lipinski definition) is 4. The first-order chi connectivity index (χ1) is 13.2. The standard InChI is InChI=1S/C21H25N3O3/c1-16-4-2-3-5-18(16)24-10-8-23(9-11-24)15-21(25)22-17-6-7-19-20(14-17)27-13-12-26-19/h2-7,14H,8-13,15H2,1H3,(H,22,25)/p+1. The number of carbonyl (C=O) groups is 1. The van der Waals surface area contributed by atoms with Crippen molar-refractivity contribution in [1.29, 1.82) is 0 Å². The van der Waals surface area contributed by atoms with Gasteiger partial charge in [0.15, 0.2) is 18.0 Å². The fourth-order valence-electron chi connectivity index (χ4n) is 3.71. The normalized spacial score (nSPS) is 16.9. The first-order valence-corrected chi connectivity index (χ1v) is 9.53. The molecule has 0 atom stereocenters. The Labute approximate surface area is 159 Å². The lowest BCUT2D eigenvalue weighted by Crippen LogP contribution is -3.15. The van der Waals surface area contributed by atoms with Crippen molar-refractivity contribution in [3.63, 3.8) is 0 Å². The van der Waals surface area contributed by atoms with Gasteiger partial charge in [-0.15, -0.1) is 0 Å². The highest BCUT2D eigenvalue weighted by molar-refractivity contribution is 5.91. The Morgan fingerprint density at radius 3 is 2.59 bits per heavy atom. The fourth-order valence-corrected chi connectivity index (χ4v) is 3.71. The molecule has 2 aromatic rings. The predicted octanol–water partition coefficient (Wildman–Crippen LogP) is 1.11. The predicted molar refractivity (Wildman–Crippen MR) is 105 cm³/mol. The number of anilines is 2. The molecule has 0 bridgehead atoms. The van der Waals surface area contributed by atoms with Crippen molar-refractivity contribution < 1.29 is 19.2 Å². The minimum atomic E-state index is 0.0334. The van der Waals surface area contributed by atoms with Crippen LogP contribution in [0.5, 0.6) is 11.5 Å². The number of hydrogen-bond donors (Lipinski definition) is 2. The number of quaternary nitrogens is 1. The van der Waals surface area contributed by atoms with Gasteiger partial charge in [0.25, 0.3) is 5.91 Å². The van der Waals surface area contributed by atoms with Crippen LogP contribution in [0.4, 0.5) is 11.4 Å². The number of ether oxygens (including phenoxy) is 2. The molecule has 0 unspecified atom stereocenters. The number of aryl methyl sites for hydroxylation is 1. The average molecular weight is 368 g/mol. The number of para-hydroxylation sites is 1. The monoisotopic (exact) mass is 368 g/mol. The molecule has 142 valence electrons. The summed E-state index contributed by atoms with van der Waals surface area (Å²) in [5.41, 5.74) is 3.36. The molecule has 4 rings (SSSR count). The van der Waals surface area contributed by atoms with Crippen LogP contribution in [0.25, 0.3) is 0 Å². The van der Waals surface area contributed by atoms with Gasteiger partial charge in [-0.25, -0.2) is 0 Å². The molecule has 0 radical (unpaired) electrons. The summed E-state index contributed by atoms with van der Waals surface area (Å²) in [4.78, 5) is 16.2. The second-order valence-electron chi connectivity index (χ2n) is 7.11.